The van der Waals surface area contributed by atoms with E-state index in [1.165, 1.54) is 0 Å². The Morgan fingerprint density at radius 2 is 2.14 bits per heavy atom. The fourth-order valence-corrected chi connectivity index (χ4v) is 3.55. The summed E-state index contributed by atoms with van der Waals surface area (Å²) < 4.78 is 28.9. The molecule has 0 fully saturated rings. The zero-order valence-corrected chi connectivity index (χ0v) is 12.8. The quantitative estimate of drug-likeness (QED) is 0.793. The van der Waals surface area contributed by atoms with E-state index in [1.807, 2.05) is 29.7 Å². The second kappa shape index (κ2) is 6.84. The monoisotopic (exact) mass is 308 g/mol. The predicted octanol–water partition coefficient (Wildman–Crippen LogP) is 0.850. The number of benzene rings is 1. The summed E-state index contributed by atoms with van der Waals surface area (Å²) in [5, 5.41) is 0. The lowest BCUT2D eigenvalue weighted by molar-refractivity contribution is 0.520. The van der Waals surface area contributed by atoms with Gasteiger partial charge in [0.15, 0.2) is 0 Å². The molecule has 1 unspecified atom stereocenters. The van der Waals surface area contributed by atoms with Crippen LogP contribution in [0.4, 0.5) is 0 Å². The molecule has 0 spiro atoms. The Kier molecular flexibility index (Phi) is 5.11. The van der Waals surface area contributed by atoms with Crippen LogP contribution < -0.4 is 10.5 Å². The minimum Gasteiger partial charge on any atom is -0.336 e. The molecule has 0 bridgehead atoms. The summed E-state index contributed by atoms with van der Waals surface area (Å²) in [6, 6.07) is 7.10. The highest BCUT2D eigenvalue weighted by atomic mass is 32.2. The van der Waals surface area contributed by atoms with Gasteiger partial charge in [-0.3, -0.25) is 0 Å². The van der Waals surface area contributed by atoms with E-state index < -0.39 is 10.0 Å². The molecule has 0 amide bonds. The molecule has 0 aliphatic rings. The first-order valence-electron chi connectivity index (χ1n) is 6.72. The zero-order chi connectivity index (χ0) is 15.3. The maximum absolute atomic E-state index is 12.2. The maximum atomic E-state index is 12.2. The minimum absolute atomic E-state index is 0.0465. The predicted molar refractivity (Wildman–Crippen MR) is 81.8 cm³/mol. The van der Waals surface area contributed by atoms with Gasteiger partial charge in [-0.15, -0.1) is 0 Å². The van der Waals surface area contributed by atoms with Crippen molar-refractivity contribution in [3.05, 3.63) is 54.1 Å². The average Bonchev–Trinajstić information content (AvgIpc) is 2.90. The number of rotatable bonds is 7. The summed E-state index contributed by atoms with van der Waals surface area (Å²) in [4.78, 5) is 3.93. The summed E-state index contributed by atoms with van der Waals surface area (Å²) in [5.74, 6) is -0.0465. The third-order valence-electron chi connectivity index (χ3n) is 3.01. The molecule has 1 heterocycles. The third-order valence-corrected chi connectivity index (χ3v) is 4.48. The fraction of sp³-hybridized carbons (Fsp3) is 0.357. The molecule has 1 atom stereocenters. The van der Waals surface area contributed by atoms with Crippen LogP contribution in [-0.4, -0.2) is 24.0 Å². The van der Waals surface area contributed by atoms with Crippen LogP contribution in [-0.2, 0) is 28.9 Å². The van der Waals surface area contributed by atoms with Crippen LogP contribution >= 0.6 is 0 Å². The van der Waals surface area contributed by atoms with Crippen molar-refractivity contribution in [2.45, 2.75) is 31.8 Å². The SMILES string of the molecule is CC(Cn1ccnc1)NS(=O)(=O)Cc1cccc(CN)c1. The van der Waals surface area contributed by atoms with Crippen molar-refractivity contribution in [3.63, 3.8) is 0 Å². The minimum atomic E-state index is -3.39. The van der Waals surface area contributed by atoms with Gasteiger partial charge >= 0.3 is 0 Å². The van der Waals surface area contributed by atoms with E-state index >= 15 is 0 Å². The molecule has 0 aliphatic carbocycles. The van der Waals surface area contributed by atoms with Crippen molar-refractivity contribution in [1.29, 1.82) is 0 Å². The number of aromatic nitrogens is 2. The number of nitrogens with two attached hydrogens (primary N) is 1. The molecule has 0 aliphatic heterocycles. The lowest BCUT2D eigenvalue weighted by Crippen LogP contribution is -2.36. The number of hydrogen-bond acceptors (Lipinski definition) is 4. The Morgan fingerprint density at radius 3 is 2.81 bits per heavy atom. The summed E-state index contributed by atoms with van der Waals surface area (Å²) >= 11 is 0. The smallest absolute Gasteiger partial charge is 0.216 e. The van der Waals surface area contributed by atoms with Crippen molar-refractivity contribution < 1.29 is 8.42 Å². The van der Waals surface area contributed by atoms with Crippen molar-refractivity contribution in [1.82, 2.24) is 14.3 Å². The number of imidazole rings is 1. The lowest BCUT2D eigenvalue weighted by Gasteiger charge is -2.15. The Bertz CT molecular complexity index is 668. The topological polar surface area (TPSA) is 90.0 Å². The summed E-state index contributed by atoms with van der Waals surface area (Å²) in [6.07, 6.45) is 5.13. The molecule has 2 rings (SSSR count). The first kappa shape index (κ1) is 15.7. The van der Waals surface area contributed by atoms with Gasteiger partial charge in [-0.05, 0) is 18.1 Å². The van der Waals surface area contributed by atoms with Crippen LogP contribution in [0.5, 0.6) is 0 Å². The van der Waals surface area contributed by atoms with Crippen LogP contribution in [0.15, 0.2) is 43.0 Å². The maximum Gasteiger partial charge on any atom is 0.216 e. The second-order valence-electron chi connectivity index (χ2n) is 5.06. The van der Waals surface area contributed by atoms with E-state index in [1.54, 1.807) is 24.8 Å². The molecule has 2 aromatic rings. The van der Waals surface area contributed by atoms with Gasteiger partial charge in [0.1, 0.15) is 0 Å². The molecule has 0 radical (unpaired) electrons. The molecule has 1 aromatic carbocycles. The lowest BCUT2D eigenvalue weighted by atomic mass is 10.1. The largest absolute Gasteiger partial charge is 0.336 e. The van der Waals surface area contributed by atoms with E-state index in [-0.39, 0.29) is 11.8 Å². The molecule has 7 heteroatoms. The average molecular weight is 308 g/mol. The van der Waals surface area contributed by atoms with Gasteiger partial charge in [0, 0.05) is 31.5 Å². The number of nitrogens with one attached hydrogen (secondary N) is 1. The van der Waals surface area contributed by atoms with Crippen molar-refractivity contribution in [2.75, 3.05) is 0 Å². The van der Waals surface area contributed by atoms with E-state index in [4.69, 9.17) is 5.73 Å². The molecule has 1 aromatic heterocycles. The van der Waals surface area contributed by atoms with Crippen LogP contribution in [0.2, 0.25) is 0 Å². The highest BCUT2D eigenvalue weighted by Crippen LogP contribution is 2.09. The van der Waals surface area contributed by atoms with Gasteiger partial charge < -0.3 is 10.3 Å². The summed E-state index contributed by atoms with van der Waals surface area (Å²) in [7, 11) is -3.39. The zero-order valence-electron chi connectivity index (χ0n) is 11.9. The van der Waals surface area contributed by atoms with E-state index in [0.717, 1.165) is 11.1 Å². The van der Waals surface area contributed by atoms with Crippen LogP contribution in [0.25, 0.3) is 0 Å². The first-order valence-corrected chi connectivity index (χ1v) is 8.37. The number of hydrogen-bond donors (Lipinski definition) is 2. The molecule has 6 nitrogen and oxygen atoms in total. The first-order chi connectivity index (χ1) is 9.98. The van der Waals surface area contributed by atoms with Gasteiger partial charge in [-0.25, -0.2) is 18.1 Å². The highest BCUT2D eigenvalue weighted by Gasteiger charge is 2.15. The molecular formula is C14H20N4O2S. The van der Waals surface area contributed by atoms with Gasteiger partial charge in [-0.2, -0.15) is 0 Å². The van der Waals surface area contributed by atoms with Crippen molar-refractivity contribution in [2.24, 2.45) is 5.73 Å². The molecule has 114 valence electrons. The standard InChI is InChI=1S/C14H20N4O2S/c1-12(9-18-6-5-16-11-18)17-21(19,20)10-14-4-2-3-13(7-14)8-15/h2-7,11-12,17H,8-10,15H2,1H3. The van der Waals surface area contributed by atoms with Gasteiger partial charge in [0.25, 0.3) is 0 Å². The van der Waals surface area contributed by atoms with Crippen molar-refractivity contribution in [3.8, 4) is 0 Å². The highest BCUT2D eigenvalue weighted by molar-refractivity contribution is 7.88. The normalized spacial score (nSPS) is 13.2. The van der Waals surface area contributed by atoms with Gasteiger partial charge in [-0.1, -0.05) is 24.3 Å². The van der Waals surface area contributed by atoms with Gasteiger partial charge in [0.2, 0.25) is 10.0 Å². The van der Waals surface area contributed by atoms with E-state index in [2.05, 4.69) is 9.71 Å². The summed E-state index contributed by atoms with van der Waals surface area (Å²) in [5.41, 5.74) is 7.23. The molecule has 0 saturated heterocycles. The number of sulfonamides is 1. The van der Waals surface area contributed by atoms with Crippen LogP contribution in [0.3, 0.4) is 0 Å². The van der Waals surface area contributed by atoms with Crippen LogP contribution in [0.1, 0.15) is 18.1 Å². The van der Waals surface area contributed by atoms with Crippen LogP contribution in [0, 0.1) is 0 Å². The van der Waals surface area contributed by atoms with Gasteiger partial charge in [0.05, 0.1) is 12.1 Å². The molecule has 0 saturated carbocycles. The van der Waals surface area contributed by atoms with Crippen molar-refractivity contribution >= 4 is 10.0 Å². The Balaban J connectivity index is 1.97. The Morgan fingerprint density at radius 1 is 1.38 bits per heavy atom. The number of nitrogens with zero attached hydrogens (tertiary/aromatic N) is 2. The molecular weight excluding hydrogens is 288 g/mol. The Hall–Kier alpha value is -1.70. The molecule has 3 N–H and O–H groups in total. The fourth-order valence-electron chi connectivity index (χ4n) is 2.16. The molecule has 21 heavy (non-hydrogen) atoms. The summed E-state index contributed by atoms with van der Waals surface area (Å²) in [6.45, 7) is 2.77. The third kappa shape index (κ3) is 4.96. The second-order valence-corrected chi connectivity index (χ2v) is 6.82. The Labute approximate surface area is 125 Å². The van der Waals surface area contributed by atoms with E-state index in [0.29, 0.717) is 13.1 Å². The van der Waals surface area contributed by atoms with E-state index in [9.17, 15) is 8.42 Å².